The van der Waals surface area contributed by atoms with Gasteiger partial charge in [-0.25, -0.2) is 10.2 Å². The average Bonchev–Trinajstić information content (AvgIpc) is 2.66. The number of carboxylic acids is 1. The molecular weight excluding hydrogens is 358 g/mol. The molecule has 2 N–H and O–H groups in total. The number of carbonyl (C=O) groups excluding carboxylic acids is 1. The Kier molecular flexibility index (Phi) is 6.05. The van der Waals surface area contributed by atoms with Gasteiger partial charge in [0.05, 0.1) is 25.4 Å². The molecular formula is C17H15N3O7. The molecule has 0 radical (unpaired) electrons. The van der Waals surface area contributed by atoms with Crippen LogP contribution in [0, 0.1) is 10.1 Å². The molecule has 2 rings (SSSR count). The Morgan fingerprint density at radius 1 is 1.22 bits per heavy atom. The molecule has 0 atom stereocenters. The second kappa shape index (κ2) is 8.43. The van der Waals surface area contributed by atoms with Crippen LogP contribution in [0.5, 0.6) is 11.5 Å². The number of carbonyl (C=O) groups is 2. The number of non-ortho nitro benzene ring substituents is 1. The van der Waals surface area contributed by atoms with E-state index >= 15 is 0 Å². The number of nitrogens with zero attached hydrogens (tertiary/aromatic N) is 2. The molecule has 0 bridgehead atoms. The number of ether oxygens (including phenoxy) is 2. The third-order valence-electron chi connectivity index (χ3n) is 3.48. The van der Waals surface area contributed by atoms with Crippen LogP contribution in [0.15, 0.2) is 41.5 Å². The van der Waals surface area contributed by atoms with Gasteiger partial charge >= 0.3 is 5.97 Å². The van der Waals surface area contributed by atoms with Crippen molar-refractivity contribution in [2.75, 3.05) is 14.2 Å². The highest BCUT2D eigenvalue weighted by molar-refractivity contribution is 6.02. The van der Waals surface area contributed by atoms with Crippen LogP contribution < -0.4 is 14.9 Å². The molecule has 0 unspecified atom stereocenters. The van der Waals surface area contributed by atoms with E-state index in [0.29, 0.717) is 0 Å². The highest BCUT2D eigenvalue weighted by Crippen LogP contribution is 2.32. The molecule has 0 fully saturated rings. The average molecular weight is 373 g/mol. The lowest BCUT2D eigenvalue weighted by molar-refractivity contribution is -0.384. The highest BCUT2D eigenvalue weighted by Gasteiger charge is 2.20. The number of hydrazone groups is 1. The van der Waals surface area contributed by atoms with E-state index in [1.54, 1.807) is 0 Å². The molecule has 10 nitrogen and oxygen atoms in total. The number of carboxylic acid groups (broad SMARTS) is 1. The number of hydrogen-bond donors (Lipinski definition) is 2. The minimum Gasteiger partial charge on any atom is -0.493 e. The summed E-state index contributed by atoms with van der Waals surface area (Å²) in [6, 6.07) is 8.04. The van der Waals surface area contributed by atoms with E-state index < -0.39 is 16.8 Å². The second-order valence-electron chi connectivity index (χ2n) is 5.08. The Morgan fingerprint density at radius 2 is 1.96 bits per heavy atom. The van der Waals surface area contributed by atoms with Gasteiger partial charge in [0.15, 0.2) is 11.5 Å². The molecule has 0 aliphatic carbocycles. The Morgan fingerprint density at radius 3 is 2.56 bits per heavy atom. The van der Waals surface area contributed by atoms with Gasteiger partial charge in [0.25, 0.3) is 11.6 Å². The number of nitrogens with one attached hydrogen (secondary N) is 1. The van der Waals surface area contributed by atoms with Gasteiger partial charge in [0.1, 0.15) is 5.56 Å². The lowest BCUT2D eigenvalue weighted by atomic mass is 10.1. The molecule has 0 aromatic heterocycles. The van der Waals surface area contributed by atoms with Crippen LogP contribution in [0.3, 0.4) is 0 Å². The first kappa shape index (κ1) is 19.4. The summed E-state index contributed by atoms with van der Waals surface area (Å²) in [5.41, 5.74) is 1.96. The van der Waals surface area contributed by atoms with Crippen LogP contribution in [0.1, 0.15) is 26.3 Å². The zero-order valence-electron chi connectivity index (χ0n) is 14.3. The molecule has 0 spiro atoms. The Balaban J connectivity index is 2.26. The number of aromatic carboxylic acids is 1. The van der Waals surface area contributed by atoms with Crippen molar-refractivity contribution in [3.63, 3.8) is 0 Å². The van der Waals surface area contributed by atoms with Gasteiger partial charge in [0, 0.05) is 23.3 Å². The van der Waals surface area contributed by atoms with Crippen molar-refractivity contribution in [1.29, 1.82) is 0 Å². The number of hydrogen-bond acceptors (Lipinski definition) is 7. The van der Waals surface area contributed by atoms with Crippen LogP contribution >= 0.6 is 0 Å². The normalized spacial score (nSPS) is 10.4. The van der Waals surface area contributed by atoms with Crippen molar-refractivity contribution < 1.29 is 29.1 Å². The van der Waals surface area contributed by atoms with Crippen molar-refractivity contribution in [3.05, 3.63) is 63.2 Å². The Labute approximate surface area is 153 Å². The number of methoxy groups -OCH3 is 2. The minimum absolute atomic E-state index is 0.0129. The topological polar surface area (TPSA) is 140 Å². The molecule has 27 heavy (non-hydrogen) atoms. The summed E-state index contributed by atoms with van der Waals surface area (Å²) < 4.78 is 10.1. The summed E-state index contributed by atoms with van der Waals surface area (Å²) >= 11 is 0. The summed E-state index contributed by atoms with van der Waals surface area (Å²) in [5, 5.41) is 23.9. The number of benzene rings is 2. The first-order valence-electron chi connectivity index (χ1n) is 7.45. The second-order valence-corrected chi connectivity index (χ2v) is 5.08. The fourth-order valence-electron chi connectivity index (χ4n) is 2.26. The highest BCUT2D eigenvalue weighted by atomic mass is 16.6. The number of amides is 1. The van der Waals surface area contributed by atoms with Crippen molar-refractivity contribution in [2.45, 2.75) is 0 Å². The van der Waals surface area contributed by atoms with E-state index in [2.05, 4.69) is 10.5 Å². The van der Waals surface area contributed by atoms with Gasteiger partial charge in [-0.15, -0.1) is 0 Å². The third kappa shape index (κ3) is 4.37. The first-order valence-corrected chi connectivity index (χ1v) is 7.45. The maximum absolute atomic E-state index is 12.0. The standard InChI is InChI=1S/C17H15N3O7/c1-26-13-7-6-11(14(17(22)23)15(13)27-2)9-18-19-16(21)10-4-3-5-12(8-10)20(24)25/h3-9H,1-2H3,(H,19,21)(H,22,23)/b18-9+. The zero-order chi connectivity index (χ0) is 20.0. The molecule has 1 amide bonds. The molecule has 0 saturated heterocycles. The van der Waals surface area contributed by atoms with E-state index in [0.717, 1.165) is 12.3 Å². The lowest BCUT2D eigenvalue weighted by Crippen LogP contribution is -2.18. The van der Waals surface area contributed by atoms with E-state index in [1.807, 2.05) is 0 Å². The monoisotopic (exact) mass is 373 g/mol. The third-order valence-corrected chi connectivity index (χ3v) is 3.48. The molecule has 0 heterocycles. The summed E-state index contributed by atoms with van der Waals surface area (Å²) in [4.78, 5) is 33.7. The largest absolute Gasteiger partial charge is 0.493 e. The maximum Gasteiger partial charge on any atom is 0.340 e. The van der Waals surface area contributed by atoms with Crippen LogP contribution in [0.25, 0.3) is 0 Å². The summed E-state index contributed by atoms with van der Waals surface area (Å²) in [7, 11) is 2.67. The molecule has 2 aromatic carbocycles. The Hall–Kier alpha value is -3.95. The predicted octanol–water partition coefficient (Wildman–Crippen LogP) is 2.07. The maximum atomic E-state index is 12.0. The smallest absolute Gasteiger partial charge is 0.340 e. The molecule has 0 aliphatic heterocycles. The molecule has 140 valence electrons. The quantitative estimate of drug-likeness (QED) is 0.430. The summed E-state index contributed by atoms with van der Waals surface area (Å²) in [5.74, 6) is -1.71. The number of nitro benzene ring substituents is 1. The molecule has 0 aliphatic rings. The van der Waals surface area contributed by atoms with Crippen molar-refractivity contribution in [2.24, 2.45) is 5.10 Å². The van der Waals surface area contributed by atoms with Crippen molar-refractivity contribution in [3.8, 4) is 11.5 Å². The van der Waals surface area contributed by atoms with Crippen LogP contribution in [-0.4, -0.2) is 42.3 Å². The predicted molar refractivity (Wildman–Crippen MR) is 94.7 cm³/mol. The van der Waals surface area contributed by atoms with Crippen LogP contribution in [-0.2, 0) is 0 Å². The van der Waals surface area contributed by atoms with Gasteiger partial charge in [-0.1, -0.05) is 6.07 Å². The van der Waals surface area contributed by atoms with Gasteiger partial charge in [-0.2, -0.15) is 5.10 Å². The number of nitro groups is 1. The van der Waals surface area contributed by atoms with Crippen molar-refractivity contribution in [1.82, 2.24) is 5.43 Å². The SMILES string of the molecule is COc1ccc(/C=N/NC(=O)c2cccc([N+](=O)[O-])c2)c(C(=O)O)c1OC. The fourth-order valence-corrected chi connectivity index (χ4v) is 2.26. The van der Waals surface area contributed by atoms with E-state index in [9.17, 15) is 24.8 Å². The molecule has 0 saturated carbocycles. The van der Waals surface area contributed by atoms with Gasteiger partial charge < -0.3 is 14.6 Å². The Bertz CT molecular complexity index is 925. The van der Waals surface area contributed by atoms with Crippen LogP contribution in [0.4, 0.5) is 5.69 Å². The summed E-state index contributed by atoms with van der Waals surface area (Å²) in [6.07, 6.45) is 1.13. The van der Waals surface area contributed by atoms with E-state index in [-0.39, 0.29) is 33.9 Å². The van der Waals surface area contributed by atoms with E-state index in [4.69, 9.17) is 9.47 Å². The number of rotatable bonds is 7. The molecule has 10 heteroatoms. The first-order chi connectivity index (χ1) is 12.9. The fraction of sp³-hybridized carbons (Fsp3) is 0.118. The lowest BCUT2D eigenvalue weighted by Gasteiger charge is -2.12. The van der Waals surface area contributed by atoms with E-state index in [1.165, 1.54) is 44.6 Å². The molecule has 2 aromatic rings. The zero-order valence-corrected chi connectivity index (χ0v) is 14.3. The summed E-state index contributed by atoms with van der Waals surface area (Å²) in [6.45, 7) is 0. The van der Waals surface area contributed by atoms with Crippen LogP contribution in [0.2, 0.25) is 0 Å². The minimum atomic E-state index is -1.27. The van der Waals surface area contributed by atoms with Gasteiger partial charge in [-0.05, 0) is 18.2 Å². The van der Waals surface area contributed by atoms with Gasteiger partial charge in [0.2, 0.25) is 0 Å². The van der Waals surface area contributed by atoms with Gasteiger partial charge in [-0.3, -0.25) is 14.9 Å². The van der Waals surface area contributed by atoms with Crippen molar-refractivity contribution >= 4 is 23.8 Å².